The Bertz CT molecular complexity index is 1050. The number of nitrogens with two attached hydrogens (primary N) is 1. The van der Waals surface area contributed by atoms with Gasteiger partial charge >= 0.3 is 5.69 Å². The molecule has 0 aliphatic carbocycles. The first-order valence-corrected chi connectivity index (χ1v) is 12.5. The molecular weight excluding hydrogens is 462 g/mol. The normalized spacial score (nSPS) is 11.2. The van der Waals surface area contributed by atoms with E-state index in [2.05, 4.69) is 18.5 Å². The van der Waals surface area contributed by atoms with Crippen LogP contribution in [0.4, 0.5) is 11.5 Å². The molecule has 0 bridgehead atoms. The van der Waals surface area contributed by atoms with E-state index in [0.717, 1.165) is 37.0 Å². The van der Waals surface area contributed by atoms with Crippen molar-refractivity contribution in [3.63, 3.8) is 0 Å². The van der Waals surface area contributed by atoms with E-state index in [4.69, 9.17) is 17.3 Å². The quantitative estimate of drug-likeness (QED) is 0.306. The number of hydrogen-bond donors (Lipinski definition) is 2. The Morgan fingerprint density at radius 1 is 1.24 bits per heavy atom. The monoisotopic (exact) mass is 495 g/mol. The van der Waals surface area contributed by atoms with Gasteiger partial charge in [0.25, 0.3) is 5.56 Å². The van der Waals surface area contributed by atoms with E-state index in [9.17, 15) is 14.4 Å². The lowest BCUT2D eigenvalue weighted by molar-refractivity contribution is -0.119. The zero-order chi connectivity index (χ0) is 24.4. The van der Waals surface area contributed by atoms with Crippen molar-refractivity contribution in [1.29, 1.82) is 0 Å². The summed E-state index contributed by atoms with van der Waals surface area (Å²) in [4.78, 5) is 45.3. The largest absolute Gasteiger partial charge is 0.383 e. The van der Waals surface area contributed by atoms with E-state index in [1.165, 1.54) is 20.8 Å². The van der Waals surface area contributed by atoms with E-state index in [-0.39, 0.29) is 24.0 Å². The molecule has 2 rings (SSSR count). The third kappa shape index (κ3) is 7.58. The number of thiophene rings is 1. The molecule has 33 heavy (non-hydrogen) atoms. The Morgan fingerprint density at radius 2 is 1.97 bits per heavy atom. The van der Waals surface area contributed by atoms with Crippen LogP contribution in [0.1, 0.15) is 50.8 Å². The average Bonchev–Trinajstić information content (AvgIpc) is 3.17. The number of aromatic amines is 1. The number of rotatable bonds is 14. The zero-order valence-corrected chi connectivity index (χ0v) is 21.0. The molecule has 182 valence electrons. The maximum Gasteiger partial charge on any atom is 0.330 e. The standard InChI is InChI=1S/C23H34ClN5O3S/c1-4-7-9-14-28(20-21(25)29(13-8-5-2)23(32)26-22(20)31)19(30)16-27(12-6-3)15-17-10-11-18(24)33-17/h6,10-11H,3-5,7-9,12-16,25H2,1-2H3,(H,26,31,32). The highest BCUT2D eigenvalue weighted by Gasteiger charge is 2.25. The molecule has 0 radical (unpaired) electrons. The van der Waals surface area contributed by atoms with Crippen LogP contribution in [0.15, 0.2) is 34.4 Å². The van der Waals surface area contributed by atoms with Crippen molar-refractivity contribution in [3.8, 4) is 0 Å². The summed E-state index contributed by atoms with van der Waals surface area (Å²) in [5, 5.41) is 0. The lowest BCUT2D eigenvalue weighted by Gasteiger charge is -2.27. The van der Waals surface area contributed by atoms with E-state index in [0.29, 0.717) is 30.5 Å². The number of carbonyl (C=O) groups excluding carboxylic acids is 1. The highest BCUT2D eigenvalue weighted by atomic mass is 35.5. The second-order valence-corrected chi connectivity index (χ2v) is 9.71. The van der Waals surface area contributed by atoms with Crippen molar-refractivity contribution in [3.05, 3.63) is 54.8 Å². The first-order valence-electron chi connectivity index (χ1n) is 11.3. The summed E-state index contributed by atoms with van der Waals surface area (Å²) in [6.45, 7) is 9.68. The van der Waals surface area contributed by atoms with Crippen LogP contribution in [-0.4, -0.2) is 40.0 Å². The van der Waals surface area contributed by atoms with Crippen LogP contribution in [0.5, 0.6) is 0 Å². The summed E-state index contributed by atoms with van der Waals surface area (Å²) >= 11 is 7.51. The Morgan fingerprint density at radius 3 is 2.58 bits per heavy atom. The van der Waals surface area contributed by atoms with Crippen LogP contribution in [0.2, 0.25) is 4.34 Å². The second-order valence-electron chi connectivity index (χ2n) is 7.91. The number of aromatic nitrogens is 2. The molecule has 2 aromatic rings. The van der Waals surface area contributed by atoms with Gasteiger partial charge in [0.2, 0.25) is 5.91 Å². The number of amides is 1. The molecule has 0 atom stereocenters. The maximum absolute atomic E-state index is 13.5. The van der Waals surface area contributed by atoms with Crippen LogP contribution < -0.4 is 21.9 Å². The summed E-state index contributed by atoms with van der Waals surface area (Å²) in [6, 6.07) is 3.76. The van der Waals surface area contributed by atoms with Crippen LogP contribution in [0.25, 0.3) is 0 Å². The van der Waals surface area contributed by atoms with Crippen molar-refractivity contribution >= 4 is 40.4 Å². The van der Waals surface area contributed by atoms with Crippen LogP contribution >= 0.6 is 22.9 Å². The van der Waals surface area contributed by atoms with Crippen LogP contribution in [-0.2, 0) is 17.9 Å². The van der Waals surface area contributed by atoms with Crippen LogP contribution in [0.3, 0.4) is 0 Å². The number of H-pyrrole nitrogens is 1. The predicted molar refractivity (Wildman–Crippen MR) is 137 cm³/mol. The van der Waals surface area contributed by atoms with Gasteiger partial charge in [0.05, 0.1) is 10.9 Å². The van der Waals surface area contributed by atoms with Crippen molar-refractivity contribution in [2.45, 2.75) is 59.0 Å². The van der Waals surface area contributed by atoms with Gasteiger partial charge in [-0.15, -0.1) is 17.9 Å². The molecule has 2 heterocycles. The Hall–Kier alpha value is -2.36. The summed E-state index contributed by atoms with van der Waals surface area (Å²) in [5.74, 6) is -0.226. The topological polar surface area (TPSA) is 104 Å². The van der Waals surface area contributed by atoms with Crippen molar-refractivity contribution in [2.24, 2.45) is 0 Å². The fraction of sp³-hybridized carbons (Fsp3) is 0.522. The Kier molecular flexibility index (Phi) is 10.9. The van der Waals surface area contributed by atoms with Gasteiger partial charge in [-0.3, -0.25) is 24.0 Å². The van der Waals surface area contributed by atoms with E-state index in [1.807, 2.05) is 24.0 Å². The van der Waals surface area contributed by atoms with E-state index < -0.39 is 11.2 Å². The number of carbonyl (C=O) groups is 1. The molecule has 0 aliphatic heterocycles. The molecule has 10 heteroatoms. The molecule has 0 saturated carbocycles. The fourth-order valence-corrected chi connectivity index (χ4v) is 4.69. The minimum absolute atomic E-state index is 0.0300. The van der Waals surface area contributed by atoms with Gasteiger partial charge in [-0.2, -0.15) is 0 Å². The molecule has 0 aliphatic rings. The van der Waals surface area contributed by atoms with Crippen molar-refractivity contribution in [2.75, 3.05) is 30.3 Å². The molecule has 0 unspecified atom stereocenters. The first-order chi connectivity index (χ1) is 15.8. The van der Waals surface area contributed by atoms with E-state index in [1.54, 1.807) is 6.08 Å². The minimum Gasteiger partial charge on any atom is -0.383 e. The van der Waals surface area contributed by atoms with Crippen molar-refractivity contribution < 1.29 is 4.79 Å². The highest BCUT2D eigenvalue weighted by Crippen LogP contribution is 2.23. The van der Waals surface area contributed by atoms with Gasteiger partial charge in [0.1, 0.15) is 5.82 Å². The highest BCUT2D eigenvalue weighted by molar-refractivity contribution is 7.16. The summed E-state index contributed by atoms with van der Waals surface area (Å²) in [7, 11) is 0. The molecular formula is C23H34ClN5O3S. The van der Waals surface area contributed by atoms with Gasteiger partial charge in [-0.1, -0.05) is 50.8 Å². The van der Waals surface area contributed by atoms with E-state index >= 15 is 0 Å². The lowest BCUT2D eigenvalue weighted by Crippen LogP contribution is -2.45. The fourth-order valence-electron chi connectivity index (χ4n) is 3.56. The number of nitrogen functional groups attached to an aromatic ring is 1. The first kappa shape index (κ1) is 26.9. The third-order valence-electron chi connectivity index (χ3n) is 5.26. The molecule has 0 fully saturated rings. The molecule has 1 amide bonds. The number of unbranched alkanes of at least 4 members (excludes halogenated alkanes) is 3. The zero-order valence-electron chi connectivity index (χ0n) is 19.4. The minimum atomic E-state index is -0.643. The molecule has 8 nitrogen and oxygen atoms in total. The molecule has 0 saturated heterocycles. The van der Waals surface area contributed by atoms with Gasteiger partial charge in [0.15, 0.2) is 5.69 Å². The van der Waals surface area contributed by atoms with Gasteiger partial charge in [-0.05, 0) is 25.0 Å². The van der Waals surface area contributed by atoms with Crippen LogP contribution in [0, 0.1) is 0 Å². The third-order valence-corrected chi connectivity index (χ3v) is 6.48. The molecule has 3 N–H and O–H groups in total. The number of hydrogen-bond acceptors (Lipinski definition) is 6. The van der Waals surface area contributed by atoms with Gasteiger partial charge < -0.3 is 10.6 Å². The number of nitrogens with zero attached hydrogens (tertiary/aromatic N) is 3. The molecule has 0 aromatic carbocycles. The number of anilines is 2. The summed E-state index contributed by atoms with van der Waals surface area (Å²) in [5.41, 5.74) is 5.14. The Labute approximate surface area is 203 Å². The average molecular weight is 496 g/mol. The van der Waals surface area contributed by atoms with Gasteiger partial charge in [-0.25, -0.2) is 4.79 Å². The van der Waals surface area contributed by atoms with Gasteiger partial charge in [0, 0.05) is 31.1 Å². The second kappa shape index (κ2) is 13.4. The van der Waals surface area contributed by atoms with Crippen molar-refractivity contribution in [1.82, 2.24) is 14.5 Å². The smallest absolute Gasteiger partial charge is 0.330 e. The number of nitrogens with one attached hydrogen (secondary N) is 1. The summed E-state index contributed by atoms with van der Waals surface area (Å²) < 4.78 is 2.03. The lowest BCUT2D eigenvalue weighted by atomic mass is 10.2. The maximum atomic E-state index is 13.5. The number of halogens is 1. The summed E-state index contributed by atoms with van der Waals surface area (Å²) in [6.07, 6.45) is 5.92. The molecule has 2 aromatic heterocycles. The SMILES string of the molecule is C=CCN(CC(=O)N(CCCCC)c1c(N)n(CCCC)c(=O)[nH]c1=O)Cc1ccc(Cl)s1. The Balaban J connectivity index is 2.38. The molecule has 0 spiro atoms. The predicted octanol–water partition coefficient (Wildman–Crippen LogP) is 3.85.